The Kier molecular flexibility index (Phi) is 4.52. The molecule has 8 heteroatoms. The second-order valence-corrected chi connectivity index (χ2v) is 7.25. The molecule has 1 aromatic rings. The molecule has 22 heavy (non-hydrogen) atoms. The summed E-state index contributed by atoms with van der Waals surface area (Å²) in [6.45, 7) is 2.99. The summed E-state index contributed by atoms with van der Waals surface area (Å²) >= 11 is 0. The maximum Gasteiger partial charge on any atom is 0.251 e. The Labute approximate surface area is 129 Å². The number of nitrogens with one attached hydrogen (secondary N) is 1. The van der Waals surface area contributed by atoms with Gasteiger partial charge >= 0.3 is 0 Å². The fourth-order valence-electron chi connectivity index (χ4n) is 2.21. The van der Waals surface area contributed by atoms with Crippen LogP contribution in [0.5, 0.6) is 0 Å². The van der Waals surface area contributed by atoms with E-state index in [9.17, 15) is 18.0 Å². The summed E-state index contributed by atoms with van der Waals surface area (Å²) in [5.41, 5.74) is 0.374. The standard InChI is InChI=1S/C14H18N2O5S/c1-9-8-22(20,21)16(14(9)19)12-5-3-4-11(6-12)13(18)15-10(2)7-17/h3-6,9-10,17H,7-8H2,1-2H3,(H,15,18)/t9?,10-/m0/s1. The molecule has 2 N–H and O–H groups in total. The second kappa shape index (κ2) is 6.05. The van der Waals surface area contributed by atoms with E-state index in [-0.39, 0.29) is 23.6 Å². The molecule has 0 aromatic heterocycles. The molecule has 2 atom stereocenters. The predicted octanol–water partition coefficient (Wildman–Crippen LogP) is 0.110. The third kappa shape index (κ3) is 3.12. The van der Waals surface area contributed by atoms with Crippen LogP contribution in [0.3, 0.4) is 0 Å². The molecule has 7 nitrogen and oxygen atoms in total. The van der Waals surface area contributed by atoms with Gasteiger partial charge in [0.25, 0.3) is 5.91 Å². The molecule has 120 valence electrons. The fourth-order valence-corrected chi connectivity index (χ4v) is 4.03. The number of sulfonamides is 1. The molecule has 0 aliphatic carbocycles. The number of hydrogen-bond acceptors (Lipinski definition) is 5. The van der Waals surface area contributed by atoms with E-state index in [2.05, 4.69) is 5.32 Å². The van der Waals surface area contributed by atoms with Crippen LogP contribution >= 0.6 is 0 Å². The SMILES string of the molecule is CC1CS(=O)(=O)N(c2cccc(C(=O)N[C@@H](C)CO)c2)C1=O. The molecule has 1 aromatic carbocycles. The van der Waals surface area contributed by atoms with Gasteiger partial charge in [-0.2, -0.15) is 0 Å². The van der Waals surface area contributed by atoms with Crippen molar-refractivity contribution in [2.24, 2.45) is 5.92 Å². The summed E-state index contributed by atoms with van der Waals surface area (Å²) in [5.74, 6) is -1.78. The Morgan fingerprint density at radius 2 is 2.18 bits per heavy atom. The van der Waals surface area contributed by atoms with Crippen LogP contribution in [0.1, 0.15) is 24.2 Å². The highest BCUT2D eigenvalue weighted by atomic mass is 32.2. The Morgan fingerprint density at radius 3 is 2.73 bits per heavy atom. The first kappa shape index (κ1) is 16.4. The Hall–Kier alpha value is -1.93. The molecule has 0 saturated carbocycles. The molecule has 2 amide bonds. The lowest BCUT2D eigenvalue weighted by Gasteiger charge is -2.17. The van der Waals surface area contributed by atoms with Gasteiger partial charge in [-0.05, 0) is 25.1 Å². The van der Waals surface area contributed by atoms with Crippen molar-refractivity contribution in [2.45, 2.75) is 19.9 Å². The lowest BCUT2D eigenvalue weighted by molar-refractivity contribution is -0.119. The predicted molar refractivity (Wildman–Crippen MR) is 80.9 cm³/mol. The van der Waals surface area contributed by atoms with Crippen LogP contribution in [0.4, 0.5) is 5.69 Å². The van der Waals surface area contributed by atoms with Crippen LogP contribution in [0.15, 0.2) is 24.3 Å². The normalized spacial score (nSPS) is 21.7. The van der Waals surface area contributed by atoms with Crippen LogP contribution in [0, 0.1) is 5.92 Å². The van der Waals surface area contributed by atoms with E-state index in [1.54, 1.807) is 13.8 Å². The third-order valence-electron chi connectivity index (χ3n) is 3.35. The number of nitrogens with zero attached hydrogens (tertiary/aromatic N) is 1. The van der Waals surface area contributed by atoms with Crippen molar-refractivity contribution in [1.82, 2.24) is 5.32 Å². The van der Waals surface area contributed by atoms with Crippen LogP contribution in [-0.4, -0.2) is 43.7 Å². The van der Waals surface area contributed by atoms with E-state index in [1.807, 2.05) is 0 Å². The van der Waals surface area contributed by atoms with E-state index in [0.29, 0.717) is 0 Å². The van der Waals surface area contributed by atoms with Gasteiger partial charge in [0.2, 0.25) is 15.9 Å². The minimum atomic E-state index is -3.70. The summed E-state index contributed by atoms with van der Waals surface area (Å²) in [4.78, 5) is 24.1. The molecular formula is C14H18N2O5S. The molecule has 1 heterocycles. The Bertz CT molecular complexity index is 701. The molecule has 1 saturated heterocycles. The molecule has 2 rings (SSSR count). The van der Waals surface area contributed by atoms with E-state index >= 15 is 0 Å². The summed E-state index contributed by atoms with van der Waals surface area (Å²) in [7, 11) is -3.70. The lowest BCUT2D eigenvalue weighted by Crippen LogP contribution is -2.35. The third-order valence-corrected chi connectivity index (χ3v) is 5.22. The average Bonchev–Trinajstić information content (AvgIpc) is 2.66. The van der Waals surface area contributed by atoms with E-state index in [1.165, 1.54) is 24.3 Å². The molecular weight excluding hydrogens is 308 g/mol. The molecule has 0 bridgehead atoms. The first-order valence-corrected chi connectivity index (χ1v) is 8.46. The highest BCUT2D eigenvalue weighted by Crippen LogP contribution is 2.28. The monoisotopic (exact) mass is 326 g/mol. The van der Waals surface area contributed by atoms with Gasteiger partial charge in [-0.3, -0.25) is 9.59 Å². The molecule has 0 spiro atoms. The number of benzene rings is 1. The first-order valence-electron chi connectivity index (χ1n) is 6.85. The summed E-state index contributed by atoms with van der Waals surface area (Å²) in [6.07, 6.45) is 0. The average molecular weight is 326 g/mol. The van der Waals surface area contributed by atoms with Crippen LogP contribution in [-0.2, 0) is 14.8 Å². The first-order chi connectivity index (χ1) is 10.3. The molecule has 1 fully saturated rings. The van der Waals surface area contributed by atoms with E-state index in [0.717, 1.165) is 4.31 Å². The molecule has 1 aliphatic rings. The van der Waals surface area contributed by atoms with Gasteiger partial charge in [-0.25, -0.2) is 12.7 Å². The summed E-state index contributed by atoms with van der Waals surface area (Å²) in [6, 6.07) is 5.43. The molecule has 0 radical (unpaired) electrons. The zero-order valence-corrected chi connectivity index (χ0v) is 13.1. The summed E-state index contributed by atoms with van der Waals surface area (Å²) < 4.78 is 24.9. The molecule has 1 unspecified atom stereocenters. The molecule has 1 aliphatic heterocycles. The van der Waals surface area contributed by atoms with Gasteiger partial charge in [-0.1, -0.05) is 13.0 Å². The Morgan fingerprint density at radius 1 is 1.50 bits per heavy atom. The van der Waals surface area contributed by atoms with Crippen molar-refractivity contribution in [1.29, 1.82) is 0 Å². The van der Waals surface area contributed by atoms with Gasteiger partial charge in [0.15, 0.2) is 0 Å². The van der Waals surface area contributed by atoms with Gasteiger partial charge in [0, 0.05) is 11.6 Å². The fraction of sp³-hybridized carbons (Fsp3) is 0.429. The van der Waals surface area contributed by atoms with Gasteiger partial charge in [-0.15, -0.1) is 0 Å². The number of carbonyl (C=O) groups excluding carboxylic acids is 2. The topological polar surface area (TPSA) is 104 Å². The number of aliphatic hydroxyl groups is 1. The number of aliphatic hydroxyl groups excluding tert-OH is 1. The second-order valence-electron chi connectivity index (χ2n) is 5.39. The highest BCUT2D eigenvalue weighted by Gasteiger charge is 2.42. The Balaban J connectivity index is 2.33. The maximum absolute atomic E-state index is 12.1. The van der Waals surface area contributed by atoms with Gasteiger partial charge < -0.3 is 10.4 Å². The van der Waals surface area contributed by atoms with Crippen molar-refractivity contribution in [2.75, 3.05) is 16.7 Å². The zero-order valence-electron chi connectivity index (χ0n) is 12.3. The van der Waals surface area contributed by atoms with Crippen molar-refractivity contribution < 1.29 is 23.1 Å². The highest BCUT2D eigenvalue weighted by molar-refractivity contribution is 7.94. The smallest absolute Gasteiger partial charge is 0.251 e. The van der Waals surface area contributed by atoms with Crippen molar-refractivity contribution in [3.05, 3.63) is 29.8 Å². The number of carbonyl (C=O) groups is 2. The summed E-state index contributed by atoms with van der Waals surface area (Å²) in [5, 5.41) is 11.5. The van der Waals surface area contributed by atoms with Crippen LogP contribution in [0.2, 0.25) is 0 Å². The van der Waals surface area contributed by atoms with E-state index < -0.39 is 33.8 Å². The lowest BCUT2D eigenvalue weighted by atomic mass is 10.1. The zero-order chi connectivity index (χ0) is 16.5. The van der Waals surface area contributed by atoms with Crippen LogP contribution < -0.4 is 9.62 Å². The van der Waals surface area contributed by atoms with E-state index in [4.69, 9.17) is 5.11 Å². The van der Waals surface area contributed by atoms with Gasteiger partial charge in [0.1, 0.15) is 0 Å². The van der Waals surface area contributed by atoms with Crippen molar-refractivity contribution in [3.8, 4) is 0 Å². The van der Waals surface area contributed by atoms with Gasteiger partial charge in [0.05, 0.1) is 24.0 Å². The number of anilines is 1. The number of hydrogen-bond donors (Lipinski definition) is 2. The number of amides is 2. The maximum atomic E-state index is 12.1. The largest absolute Gasteiger partial charge is 0.394 e. The van der Waals surface area contributed by atoms with Crippen LogP contribution in [0.25, 0.3) is 0 Å². The minimum Gasteiger partial charge on any atom is -0.394 e. The van der Waals surface area contributed by atoms with Crippen molar-refractivity contribution >= 4 is 27.5 Å². The number of rotatable bonds is 4. The quantitative estimate of drug-likeness (QED) is 0.817. The van der Waals surface area contributed by atoms with Crippen molar-refractivity contribution in [3.63, 3.8) is 0 Å². The minimum absolute atomic E-state index is 0.152.